The van der Waals surface area contributed by atoms with Gasteiger partial charge in [0.15, 0.2) is 0 Å². The van der Waals surface area contributed by atoms with Gasteiger partial charge in [0.25, 0.3) is 0 Å². The first-order valence-electron chi connectivity index (χ1n) is 4.59. The van der Waals surface area contributed by atoms with Crippen LogP contribution >= 0.6 is 11.6 Å². The summed E-state index contributed by atoms with van der Waals surface area (Å²) in [5.74, 6) is 0.125. The first-order chi connectivity index (χ1) is 6.72. The molecule has 2 nitrogen and oxygen atoms in total. The number of halogens is 1. The van der Waals surface area contributed by atoms with Crippen LogP contribution in [0.2, 0.25) is 5.02 Å². The van der Waals surface area contributed by atoms with Crippen molar-refractivity contribution in [2.24, 2.45) is 0 Å². The summed E-state index contributed by atoms with van der Waals surface area (Å²) in [6.45, 7) is 2.11. The van der Waals surface area contributed by atoms with E-state index in [1.165, 1.54) is 0 Å². The highest BCUT2D eigenvalue weighted by atomic mass is 35.5. The molecule has 0 spiro atoms. The van der Waals surface area contributed by atoms with Gasteiger partial charge in [0.1, 0.15) is 0 Å². The molecule has 1 atom stereocenters. The second-order valence-electron chi connectivity index (χ2n) is 3.53. The van der Waals surface area contributed by atoms with Gasteiger partial charge in [-0.05, 0) is 23.8 Å². The van der Waals surface area contributed by atoms with Crippen LogP contribution in [0, 0.1) is 0 Å². The average Bonchev–Trinajstić information content (AvgIpc) is 2.64. The quantitative estimate of drug-likeness (QED) is 0.784. The number of nitrogens with one attached hydrogen (secondary N) is 1. The molecule has 0 amide bonds. The Labute approximate surface area is 87.5 Å². The molecular formula is C11H12ClNO. The average molecular weight is 210 g/mol. The minimum atomic E-state index is 0.125. The van der Waals surface area contributed by atoms with Crippen LogP contribution in [0.15, 0.2) is 24.4 Å². The van der Waals surface area contributed by atoms with E-state index >= 15 is 0 Å². The first kappa shape index (κ1) is 9.56. The summed E-state index contributed by atoms with van der Waals surface area (Å²) in [4.78, 5) is 3.11. The SMILES string of the molecule is CC(CO)c1cc(Cl)c2cc[nH]c2c1. The summed E-state index contributed by atoms with van der Waals surface area (Å²) in [5, 5.41) is 10.8. The van der Waals surface area contributed by atoms with Gasteiger partial charge >= 0.3 is 0 Å². The van der Waals surface area contributed by atoms with Gasteiger partial charge in [-0.15, -0.1) is 0 Å². The molecule has 0 aliphatic heterocycles. The Kier molecular flexibility index (Phi) is 2.48. The van der Waals surface area contributed by atoms with Crippen LogP contribution < -0.4 is 0 Å². The molecule has 0 saturated carbocycles. The van der Waals surface area contributed by atoms with Crippen molar-refractivity contribution < 1.29 is 5.11 Å². The lowest BCUT2D eigenvalue weighted by Gasteiger charge is -2.09. The topological polar surface area (TPSA) is 36.0 Å². The number of aliphatic hydroxyl groups is 1. The molecule has 0 aliphatic rings. The number of H-pyrrole nitrogens is 1. The monoisotopic (exact) mass is 209 g/mol. The summed E-state index contributed by atoms with van der Waals surface area (Å²) in [6.07, 6.45) is 1.87. The smallest absolute Gasteiger partial charge is 0.0502 e. The van der Waals surface area contributed by atoms with E-state index in [-0.39, 0.29) is 12.5 Å². The van der Waals surface area contributed by atoms with Gasteiger partial charge in [0.2, 0.25) is 0 Å². The van der Waals surface area contributed by atoms with Crippen molar-refractivity contribution in [3.8, 4) is 0 Å². The van der Waals surface area contributed by atoms with Crippen molar-refractivity contribution in [1.29, 1.82) is 0 Å². The highest BCUT2D eigenvalue weighted by molar-refractivity contribution is 6.35. The molecule has 14 heavy (non-hydrogen) atoms. The zero-order valence-electron chi connectivity index (χ0n) is 7.92. The molecule has 0 saturated heterocycles. The Balaban J connectivity index is 2.58. The van der Waals surface area contributed by atoms with Crippen molar-refractivity contribution in [1.82, 2.24) is 4.98 Å². The van der Waals surface area contributed by atoms with Crippen molar-refractivity contribution in [2.75, 3.05) is 6.61 Å². The van der Waals surface area contributed by atoms with Crippen LogP contribution in [0.3, 0.4) is 0 Å². The Morgan fingerprint density at radius 1 is 1.50 bits per heavy atom. The van der Waals surface area contributed by atoms with E-state index in [1.807, 2.05) is 31.3 Å². The van der Waals surface area contributed by atoms with Gasteiger partial charge in [-0.25, -0.2) is 0 Å². The lowest BCUT2D eigenvalue weighted by molar-refractivity contribution is 0.273. The van der Waals surface area contributed by atoms with Gasteiger partial charge in [0.05, 0.1) is 5.02 Å². The summed E-state index contributed by atoms with van der Waals surface area (Å²) in [6, 6.07) is 5.89. The van der Waals surface area contributed by atoms with Crippen LogP contribution in [-0.2, 0) is 0 Å². The van der Waals surface area contributed by atoms with Crippen LogP contribution in [0.5, 0.6) is 0 Å². The predicted octanol–water partition coefficient (Wildman–Crippen LogP) is 2.92. The molecule has 1 heterocycles. The van der Waals surface area contributed by atoms with Crippen molar-refractivity contribution in [3.05, 3.63) is 35.0 Å². The third kappa shape index (κ3) is 1.51. The predicted molar refractivity (Wildman–Crippen MR) is 58.8 cm³/mol. The molecule has 1 aromatic heterocycles. The molecule has 1 unspecified atom stereocenters. The van der Waals surface area contributed by atoms with Crippen LogP contribution in [0.25, 0.3) is 10.9 Å². The molecule has 0 fully saturated rings. The number of rotatable bonds is 2. The second-order valence-corrected chi connectivity index (χ2v) is 3.93. The summed E-state index contributed by atoms with van der Waals surface area (Å²) in [5.41, 5.74) is 2.08. The number of fused-ring (bicyclic) bond motifs is 1. The Bertz CT molecular complexity index is 449. The van der Waals surface area contributed by atoms with Crippen molar-refractivity contribution in [2.45, 2.75) is 12.8 Å². The van der Waals surface area contributed by atoms with Crippen LogP contribution in [0.4, 0.5) is 0 Å². The number of aliphatic hydroxyl groups excluding tert-OH is 1. The zero-order valence-corrected chi connectivity index (χ0v) is 8.67. The standard InChI is InChI=1S/C11H12ClNO/c1-7(6-14)8-4-10(12)9-2-3-13-11(9)5-8/h2-5,7,13-14H,6H2,1H3. The Morgan fingerprint density at radius 3 is 3.00 bits per heavy atom. The van der Waals surface area contributed by atoms with Crippen LogP contribution in [0.1, 0.15) is 18.4 Å². The van der Waals surface area contributed by atoms with Gasteiger partial charge in [0, 0.05) is 29.6 Å². The maximum atomic E-state index is 9.05. The Hall–Kier alpha value is -0.990. The van der Waals surface area contributed by atoms with E-state index in [1.54, 1.807) is 0 Å². The first-order valence-corrected chi connectivity index (χ1v) is 4.97. The Morgan fingerprint density at radius 2 is 2.29 bits per heavy atom. The van der Waals surface area contributed by atoms with Crippen LogP contribution in [-0.4, -0.2) is 16.7 Å². The molecule has 3 heteroatoms. The van der Waals surface area contributed by atoms with Gasteiger partial charge in [-0.2, -0.15) is 0 Å². The van der Waals surface area contributed by atoms with E-state index in [0.717, 1.165) is 21.5 Å². The molecular weight excluding hydrogens is 198 g/mol. The highest BCUT2D eigenvalue weighted by Crippen LogP contribution is 2.27. The number of aromatic nitrogens is 1. The summed E-state index contributed by atoms with van der Waals surface area (Å²) >= 11 is 6.10. The maximum Gasteiger partial charge on any atom is 0.0502 e. The highest BCUT2D eigenvalue weighted by Gasteiger charge is 2.08. The number of aromatic amines is 1. The number of hydrogen-bond acceptors (Lipinski definition) is 1. The third-order valence-electron chi connectivity index (χ3n) is 2.48. The summed E-state index contributed by atoms with van der Waals surface area (Å²) in [7, 11) is 0. The molecule has 0 radical (unpaired) electrons. The maximum absolute atomic E-state index is 9.05. The largest absolute Gasteiger partial charge is 0.396 e. The van der Waals surface area contributed by atoms with E-state index in [4.69, 9.17) is 16.7 Å². The number of benzene rings is 1. The molecule has 2 aromatic rings. The van der Waals surface area contributed by atoms with E-state index < -0.39 is 0 Å². The fourth-order valence-electron chi connectivity index (χ4n) is 1.53. The van der Waals surface area contributed by atoms with Crippen molar-refractivity contribution in [3.63, 3.8) is 0 Å². The molecule has 2 N–H and O–H groups in total. The molecule has 2 rings (SSSR count). The molecule has 0 bridgehead atoms. The van der Waals surface area contributed by atoms with E-state index in [2.05, 4.69) is 4.98 Å². The molecule has 0 aliphatic carbocycles. The fraction of sp³-hybridized carbons (Fsp3) is 0.273. The third-order valence-corrected chi connectivity index (χ3v) is 2.80. The zero-order chi connectivity index (χ0) is 10.1. The lowest BCUT2D eigenvalue weighted by atomic mass is 10.0. The lowest BCUT2D eigenvalue weighted by Crippen LogP contribution is -1.98. The minimum absolute atomic E-state index is 0.125. The normalized spacial score (nSPS) is 13.4. The molecule has 74 valence electrons. The van der Waals surface area contributed by atoms with E-state index in [0.29, 0.717) is 0 Å². The van der Waals surface area contributed by atoms with E-state index in [9.17, 15) is 0 Å². The fourth-order valence-corrected chi connectivity index (χ4v) is 1.82. The van der Waals surface area contributed by atoms with Gasteiger partial charge in [-0.3, -0.25) is 0 Å². The number of hydrogen-bond donors (Lipinski definition) is 2. The second kappa shape index (κ2) is 3.64. The van der Waals surface area contributed by atoms with Gasteiger partial charge in [-0.1, -0.05) is 18.5 Å². The summed E-state index contributed by atoms with van der Waals surface area (Å²) < 4.78 is 0. The van der Waals surface area contributed by atoms with Gasteiger partial charge < -0.3 is 10.1 Å². The minimum Gasteiger partial charge on any atom is -0.396 e. The van der Waals surface area contributed by atoms with Crippen molar-refractivity contribution >= 4 is 22.5 Å². The molecule has 1 aromatic carbocycles.